The van der Waals surface area contributed by atoms with Gasteiger partial charge < -0.3 is 5.32 Å². The lowest BCUT2D eigenvalue weighted by atomic mass is 10.1. The smallest absolute Gasteiger partial charge is 0.274 e. The highest BCUT2D eigenvalue weighted by atomic mass is 32.1. The van der Waals surface area contributed by atoms with Gasteiger partial charge in [0.1, 0.15) is 5.82 Å². The third kappa shape index (κ3) is 3.51. The van der Waals surface area contributed by atoms with E-state index in [2.05, 4.69) is 23.3 Å². The molecule has 2 heterocycles. The van der Waals surface area contributed by atoms with Gasteiger partial charge in [-0.1, -0.05) is 19.4 Å². The second kappa shape index (κ2) is 6.29. The molecule has 0 spiro atoms. The maximum absolute atomic E-state index is 10.7. The molecule has 0 radical (unpaired) electrons. The lowest BCUT2D eigenvalue weighted by molar-refractivity contribution is -0.384. The summed E-state index contributed by atoms with van der Waals surface area (Å²) in [5, 5.41) is 16.0. The third-order valence-corrected chi connectivity index (χ3v) is 3.73. The zero-order valence-electron chi connectivity index (χ0n) is 10.6. The molecule has 0 saturated heterocycles. The van der Waals surface area contributed by atoms with E-state index in [-0.39, 0.29) is 11.7 Å². The van der Waals surface area contributed by atoms with Crippen LogP contribution in [0.4, 0.5) is 11.5 Å². The van der Waals surface area contributed by atoms with Crippen molar-refractivity contribution in [2.45, 2.75) is 25.8 Å². The van der Waals surface area contributed by atoms with Crippen LogP contribution in [0.5, 0.6) is 0 Å². The second-order valence-corrected chi connectivity index (χ2v) is 5.14. The van der Waals surface area contributed by atoms with Crippen LogP contribution in [0.3, 0.4) is 0 Å². The predicted octanol–water partition coefficient (Wildman–Crippen LogP) is 4.00. The van der Waals surface area contributed by atoms with Crippen LogP contribution in [-0.2, 0) is 0 Å². The Kier molecular flexibility index (Phi) is 4.46. The Balaban J connectivity index is 2.17. The topological polar surface area (TPSA) is 68.1 Å². The van der Waals surface area contributed by atoms with E-state index in [9.17, 15) is 10.1 Å². The molecule has 1 unspecified atom stereocenters. The largest absolute Gasteiger partial charge is 0.362 e. The van der Waals surface area contributed by atoms with E-state index in [0.717, 1.165) is 12.8 Å². The Morgan fingerprint density at radius 3 is 3.00 bits per heavy atom. The first-order chi connectivity index (χ1) is 9.20. The minimum absolute atomic E-state index is 0.0546. The summed E-state index contributed by atoms with van der Waals surface area (Å²) < 4.78 is 0. The number of rotatable bonds is 6. The van der Waals surface area contributed by atoms with E-state index in [1.165, 1.54) is 23.2 Å². The van der Waals surface area contributed by atoms with Crippen molar-refractivity contribution in [3.8, 4) is 0 Å². The van der Waals surface area contributed by atoms with Crippen molar-refractivity contribution < 1.29 is 4.92 Å². The van der Waals surface area contributed by atoms with Crippen LogP contribution in [0.15, 0.2) is 35.8 Å². The SMILES string of the molecule is CCCC(Nc1cc([N+](=O)[O-])ccn1)c1cccs1. The highest BCUT2D eigenvalue weighted by molar-refractivity contribution is 7.10. The number of hydrogen-bond acceptors (Lipinski definition) is 5. The van der Waals surface area contributed by atoms with E-state index in [1.807, 2.05) is 11.4 Å². The molecule has 1 atom stereocenters. The molecule has 0 bridgehead atoms. The van der Waals surface area contributed by atoms with Crippen molar-refractivity contribution in [2.24, 2.45) is 0 Å². The van der Waals surface area contributed by atoms with Crippen LogP contribution < -0.4 is 5.32 Å². The molecule has 19 heavy (non-hydrogen) atoms. The zero-order chi connectivity index (χ0) is 13.7. The Morgan fingerprint density at radius 1 is 1.53 bits per heavy atom. The van der Waals surface area contributed by atoms with Gasteiger partial charge in [0.2, 0.25) is 0 Å². The van der Waals surface area contributed by atoms with Gasteiger partial charge in [0.25, 0.3) is 5.69 Å². The monoisotopic (exact) mass is 277 g/mol. The summed E-state index contributed by atoms with van der Waals surface area (Å²) in [4.78, 5) is 15.7. The van der Waals surface area contributed by atoms with Gasteiger partial charge in [-0.25, -0.2) is 4.98 Å². The molecular formula is C13H15N3O2S. The average molecular weight is 277 g/mol. The fourth-order valence-electron chi connectivity index (χ4n) is 1.85. The molecule has 0 saturated carbocycles. The first-order valence-corrected chi connectivity index (χ1v) is 6.99. The first kappa shape index (κ1) is 13.5. The van der Waals surface area contributed by atoms with Gasteiger partial charge in [0.15, 0.2) is 0 Å². The van der Waals surface area contributed by atoms with Gasteiger partial charge in [0.05, 0.1) is 17.0 Å². The summed E-state index contributed by atoms with van der Waals surface area (Å²) in [6.45, 7) is 2.11. The van der Waals surface area contributed by atoms with Crippen LogP contribution in [-0.4, -0.2) is 9.91 Å². The minimum Gasteiger partial charge on any atom is -0.362 e. The molecule has 2 aromatic rings. The lowest BCUT2D eigenvalue weighted by Gasteiger charge is -2.17. The lowest BCUT2D eigenvalue weighted by Crippen LogP contribution is -2.10. The molecular weight excluding hydrogens is 262 g/mol. The second-order valence-electron chi connectivity index (χ2n) is 4.16. The molecule has 2 aromatic heterocycles. The number of aromatic nitrogens is 1. The van der Waals surface area contributed by atoms with Crippen molar-refractivity contribution >= 4 is 22.8 Å². The van der Waals surface area contributed by atoms with Gasteiger partial charge >= 0.3 is 0 Å². The zero-order valence-corrected chi connectivity index (χ0v) is 11.4. The normalized spacial score (nSPS) is 12.1. The Morgan fingerprint density at radius 2 is 2.37 bits per heavy atom. The van der Waals surface area contributed by atoms with Gasteiger partial charge in [-0.15, -0.1) is 11.3 Å². The molecule has 1 N–H and O–H groups in total. The van der Waals surface area contributed by atoms with Crippen molar-refractivity contribution in [1.29, 1.82) is 0 Å². The highest BCUT2D eigenvalue weighted by Crippen LogP contribution is 2.27. The standard InChI is InChI=1S/C13H15N3O2S/c1-2-4-11(12-5-3-8-19-12)15-13-9-10(16(17)18)6-7-14-13/h3,5-9,11H,2,4H2,1H3,(H,14,15). The average Bonchev–Trinajstić information content (AvgIpc) is 2.92. The number of nitrogens with zero attached hydrogens (tertiary/aromatic N) is 2. The molecule has 0 aliphatic heterocycles. The summed E-state index contributed by atoms with van der Waals surface area (Å²) >= 11 is 1.68. The van der Waals surface area contributed by atoms with Crippen molar-refractivity contribution in [1.82, 2.24) is 4.98 Å². The summed E-state index contributed by atoms with van der Waals surface area (Å²) in [5.41, 5.74) is 0.0546. The highest BCUT2D eigenvalue weighted by Gasteiger charge is 2.14. The number of anilines is 1. The molecule has 0 amide bonds. The summed E-state index contributed by atoms with van der Waals surface area (Å²) in [6, 6.07) is 7.08. The van der Waals surface area contributed by atoms with Gasteiger partial charge in [-0.2, -0.15) is 0 Å². The van der Waals surface area contributed by atoms with Crippen molar-refractivity contribution in [3.05, 3.63) is 50.8 Å². The number of nitro groups is 1. The van der Waals surface area contributed by atoms with Crippen LogP contribution in [0.25, 0.3) is 0 Å². The first-order valence-electron chi connectivity index (χ1n) is 6.11. The molecule has 0 aliphatic carbocycles. The van der Waals surface area contributed by atoms with Crippen LogP contribution in [0.2, 0.25) is 0 Å². The van der Waals surface area contributed by atoms with Crippen molar-refractivity contribution in [3.63, 3.8) is 0 Å². The Bertz CT molecular complexity index is 543. The van der Waals surface area contributed by atoms with E-state index in [4.69, 9.17) is 0 Å². The number of hydrogen-bond donors (Lipinski definition) is 1. The quantitative estimate of drug-likeness (QED) is 0.640. The van der Waals surface area contributed by atoms with Gasteiger partial charge in [0, 0.05) is 17.1 Å². The predicted molar refractivity (Wildman–Crippen MR) is 76.5 cm³/mol. The fraction of sp³-hybridized carbons (Fsp3) is 0.308. The molecule has 6 heteroatoms. The number of nitrogens with one attached hydrogen (secondary N) is 1. The maximum Gasteiger partial charge on any atom is 0.274 e. The van der Waals surface area contributed by atoms with Crippen LogP contribution in [0.1, 0.15) is 30.7 Å². The summed E-state index contributed by atoms with van der Waals surface area (Å²) in [5.74, 6) is 0.543. The summed E-state index contributed by atoms with van der Waals surface area (Å²) in [7, 11) is 0. The Hall–Kier alpha value is -1.95. The van der Waals surface area contributed by atoms with E-state index < -0.39 is 4.92 Å². The van der Waals surface area contributed by atoms with Crippen LogP contribution in [0, 0.1) is 10.1 Å². The van der Waals surface area contributed by atoms with E-state index in [1.54, 1.807) is 11.3 Å². The molecule has 0 aliphatic rings. The molecule has 100 valence electrons. The maximum atomic E-state index is 10.7. The fourth-order valence-corrected chi connectivity index (χ4v) is 2.67. The molecule has 0 aromatic carbocycles. The van der Waals surface area contributed by atoms with E-state index >= 15 is 0 Å². The Labute approximate surface area is 115 Å². The van der Waals surface area contributed by atoms with Crippen molar-refractivity contribution in [2.75, 3.05) is 5.32 Å². The summed E-state index contributed by atoms with van der Waals surface area (Å²) in [6.07, 6.45) is 3.45. The molecule has 0 fully saturated rings. The van der Waals surface area contributed by atoms with Gasteiger partial charge in [-0.3, -0.25) is 10.1 Å². The van der Waals surface area contributed by atoms with E-state index in [0.29, 0.717) is 5.82 Å². The third-order valence-electron chi connectivity index (χ3n) is 2.74. The molecule has 2 rings (SSSR count). The molecule has 5 nitrogen and oxygen atoms in total. The number of thiophene rings is 1. The van der Waals surface area contributed by atoms with Gasteiger partial charge in [-0.05, 0) is 17.9 Å². The minimum atomic E-state index is -0.410. The number of pyridine rings is 1. The van der Waals surface area contributed by atoms with Crippen LogP contribution >= 0.6 is 11.3 Å².